The highest BCUT2D eigenvalue weighted by Gasteiger charge is 2.08. The lowest BCUT2D eigenvalue weighted by molar-refractivity contribution is -0.116. The number of hydrogen-bond acceptors (Lipinski definition) is 3. The zero-order valence-corrected chi connectivity index (χ0v) is 10.6. The van der Waals surface area contributed by atoms with Crippen LogP contribution in [0.2, 0.25) is 0 Å². The Hall–Kier alpha value is -1.88. The van der Waals surface area contributed by atoms with Gasteiger partial charge in [-0.05, 0) is 37.2 Å². The molecule has 0 bridgehead atoms. The van der Waals surface area contributed by atoms with Gasteiger partial charge >= 0.3 is 5.97 Å². The molecule has 0 fully saturated rings. The fourth-order valence-corrected chi connectivity index (χ4v) is 1.58. The first kappa shape index (κ1) is 14.2. The minimum absolute atomic E-state index is 0.0848. The average Bonchev–Trinajstić information content (AvgIpc) is 2.28. The van der Waals surface area contributed by atoms with Crippen molar-refractivity contribution in [2.75, 3.05) is 18.4 Å². The van der Waals surface area contributed by atoms with Crippen molar-refractivity contribution < 1.29 is 14.7 Å². The van der Waals surface area contributed by atoms with Crippen molar-refractivity contribution in [1.29, 1.82) is 0 Å². The van der Waals surface area contributed by atoms with Crippen LogP contribution in [0.5, 0.6) is 0 Å². The number of nitrogens with one attached hydrogen (secondary N) is 2. The molecule has 0 aliphatic carbocycles. The molecule has 0 heterocycles. The fraction of sp³-hybridized carbons (Fsp3) is 0.385. The number of carbonyl (C=O) groups is 2. The summed E-state index contributed by atoms with van der Waals surface area (Å²) in [4.78, 5) is 22.4. The summed E-state index contributed by atoms with van der Waals surface area (Å²) in [5, 5.41) is 14.7. The average molecular weight is 250 g/mol. The molecular weight excluding hydrogens is 232 g/mol. The number of carbonyl (C=O) groups excluding carboxylic acids is 1. The molecular formula is C13H18N2O3. The maximum absolute atomic E-state index is 11.5. The molecule has 0 aliphatic rings. The first-order chi connectivity index (χ1) is 8.54. The Morgan fingerprint density at radius 3 is 2.61 bits per heavy atom. The van der Waals surface area contributed by atoms with E-state index in [1.165, 1.54) is 6.07 Å². The standard InChI is InChI=1S/C13H18N2O3/c1-3-14-7-6-12(16)15-10-4-5-11(13(17)18)9(2)8-10/h4-5,8,14H,3,6-7H2,1-2H3,(H,15,16)(H,17,18). The first-order valence-electron chi connectivity index (χ1n) is 5.89. The van der Waals surface area contributed by atoms with E-state index in [-0.39, 0.29) is 11.5 Å². The van der Waals surface area contributed by atoms with E-state index in [0.29, 0.717) is 24.2 Å². The Labute approximate surface area is 106 Å². The molecule has 0 spiro atoms. The van der Waals surface area contributed by atoms with Crippen molar-refractivity contribution in [3.05, 3.63) is 29.3 Å². The van der Waals surface area contributed by atoms with Crippen LogP contribution in [0, 0.1) is 6.92 Å². The van der Waals surface area contributed by atoms with E-state index < -0.39 is 5.97 Å². The van der Waals surface area contributed by atoms with Gasteiger partial charge in [0, 0.05) is 18.7 Å². The largest absolute Gasteiger partial charge is 0.478 e. The Morgan fingerprint density at radius 1 is 1.33 bits per heavy atom. The molecule has 0 saturated carbocycles. The van der Waals surface area contributed by atoms with Gasteiger partial charge in [-0.2, -0.15) is 0 Å². The molecule has 0 radical (unpaired) electrons. The molecule has 1 aromatic rings. The fourth-order valence-electron chi connectivity index (χ4n) is 1.58. The Morgan fingerprint density at radius 2 is 2.06 bits per heavy atom. The van der Waals surface area contributed by atoms with Crippen LogP contribution in [0.15, 0.2) is 18.2 Å². The van der Waals surface area contributed by atoms with Gasteiger partial charge in [0.1, 0.15) is 0 Å². The third kappa shape index (κ3) is 4.18. The van der Waals surface area contributed by atoms with Crippen LogP contribution in [0.4, 0.5) is 5.69 Å². The van der Waals surface area contributed by atoms with Crippen molar-refractivity contribution in [3.63, 3.8) is 0 Å². The van der Waals surface area contributed by atoms with Gasteiger partial charge in [0.2, 0.25) is 5.91 Å². The molecule has 1 amide bonds. The highest BCUT2D eigenvalue weighted by molar-refractivity contribution is 5.93. The lowest BCUT2D eigenvalue weighted by atomic mass is 10.1. The van der Waals surface area contributed by atoms with E-state index in [0.717, 1.165) is 6.54 Å². The maximum atomic E-state index is 11.5. The second-order valence-electron chi connectivity index (χ2n) is 3.99. The predicted molar refractivity (Wildman–Crippen MR) is 69.9 cm³/mol. The van der Waals surface area contributed by atoms with Crippen LogP contribution in [-0.2, 0) is 4.79 Å². The summed E-state index contributed by atoms with van der Waals surface area (Å²) in [5.41, 5.74) is 1.51. The molecule has 0 atom stereocenters. The zero-order chi connectivity index (χ0) is 13.5. The molecule has 0 unspecified atom stereocenters. The molecule has 18 heavy (non-hydrogen) atoms. The van der Waals surface area contributed by atoms with Gasteiger partial charge < -0.3 is 15.7 Å². The van der Waals surface area contributed by atoms with E-state index in [1.54, 1.807) is 19.1 Å². The smallest absolute Gasteiger partial charge is 0.335 e. The molecule has 5 nitrogen and oxygen atoms in total. The zero-order valence-electron chi connectivity index (χ0n) is 10.6. The van der Waals surface area contributed by atoms with Crippen LogP contribution >= 0.6 is 0 Å². The Kier molecular flexibility index (Phi) is 5.32. The summed E-state index contributed by atoms with van der Waals surface area (Å²) in [5.74, 6) is -1.05. The van der Waals surface area contributed by atoms with Crippen molar-refractivity contribution in [2.45, 2.75) is 20.3 Å². The van der Waals surface area contributed by atoms with E-state index >= 15 is 0 Å². The highest BCUT2D eigenvalue weighted by atomic mass is 16.4. The van der Waals surface area contributed by atoms with E-state index in [4.69, 9.17) is 5.11 Å². The number of rotatable bonds is 6. The minimum Gasteiger partial charge on any atom is -0.478 e. The monoisotopic (exact) mass is 250 g/mol. The third-order valence-corrected chi connectivity index (χ3v) is 2.52. The van der Waals surface area contributed by atoms with Crippen LogP contribution in [0.1, 0.15) is 29.3 Å². The molecule has 1 aromatic carbocycles. The number of carboxylic acids is 1. The summed E-state index contributed by atoms with van der Waals surface area (Å²) in [6.07, 6.45) is 0.396. The number of hydrogen-bond donors (Lipinski definition) is 3. The topological polar surface area (TPSA) is 78.4 Å². The molecule has 0 aliphatic heterocycles. The molecule has 0 saturated heterocycles. The summed E-state index contributed by atoms with van der Waals surface area (Å²) in [6.45, 7) is 5.15. The van der Waals surface area contributed by atoms with Crippen molar-refractivity contribution in [1.82, 2.24) is 5.32 Å². The quantitative estimate of drug-likeness (QED) is 0.670. The number of carboxylic acid groups (broad SMARTS) is 1. The Balaban J connectivity index is 2.60. The minimum atomic E-state index is -0.961. The van der Waals surface area contributed by atoms with Gasteiger partial charge in [-0.15, -0.1) is 0 Å². The van der Waals surface area contributed by atoms with Crippen LogP contribution in [0.25, 0.3) is 0 Å². The second-order valence-corrected chi connectivity index (χ2v) is 3.99. The summed E-state index contributed by atoms with van der Waals surface area (Å²) in [6, 6.07) is 4.76. The summed E-state index contributed by atoms with van der Waals surface area (Å²) < 4.78 is 0. The lowest BCUT2D eigenvalue weighted by Crippen LogP contribution is -2.21. The van der Waals surface area contributed by atoms with Gasteiger partial charge in [-0.1, -0.05) is 6.92 Å². The van der Waals surface area contributed by atoms with Crippen molar-refractivity contribution in [2.24, 2.45) is 0 Å². The van der Waals surface area contributed by atoms with E-state index in [9.17, 15) is 9.59 Å². The normalized spacial score (nSPS) is 10.1. The van der Waals surface area contributed by atoms with Gasteiger partial charge in [0.25, 0.3) is 0 Å². The van der Waals surface area contributed by atoms with Gasteiger partial charge in [0.15, 0.2) is 0 Å². The number of aromatic carboxylic acids is 1. The number of aryl methyl sites for hydroxylation is 1. The molecule has 5 heteroatoms. The van der Waals surface area contributed by atoms with Gasteiger partial charge in [-0.3, -0.25) is 4.79 Å². The van der Waals surface area contributed by atoms with E-state index in [1.807, 2.05) is 6.92 Å². The second kappa shape index (κ2) is 6.76. The number of benzene rings is 1. The van der Waals surface area contributed by atoms with Crippen molar-refractivity contribution in [3.8, 4) is 0 Å². The van der Waals surface area contributed by atoms with Gasteiger partial charge in [0.05, 0.1) is 5.56 Å². The lowest BCUT2D eigenvalue weighted by Gasteiger charge is -2.08. The first-order valence-corrected chi connectivity index (χ1v) is 5.89. The third-order valence-electron chi connectivity index (χ3n) is 2.52. The van der Waals surface area contributed by atoms with Crippen LogP contribution in [0.3, 0.4) is 0 Å². The van der Waals surface area contributed by atoms with Crippen LogP contribution in [-0.4, -0.2) is 30.1 Å². The molecule has 3 N–H and O–H groups in total. The number of anilines is 1. The maximum Gasteiger partial charge on any atom is 0.335 e. The van der Waals surface area contributed by atoms with Crippen molar-refractivity contribution >= 4 is 17.6 Å². The summed E-state index contributed by atoms with van der Waals surface area (Å²) >= 11 is 0. The van der Waals surface area contributed by atoms with E-state index in [2.05, 4.69) is 10.6 Å². The van der Waals surface area contributed by atoms with Crippen LogP contribution < -0.4 is 10.6 Å². The molecule has 98 valence electrons. The summed E-state index contributed by atoms with van der Waals surface area (Å²) in [7, 11) is 0. The Bertz CT molecular complexity index is 444. The molecule has 1 rings (SSSR count). The predicted octanol–water partition coefficient (Wildman–Crippen LogP) is 1.63. The van der Waals surface area contributed by atoms with Gasteiger partial charge in [-0.25, -0.2) is 4.79 Å². The molecule has 0 aromatic heterocycles. The highest BCUT2D eigenvalue weighted by Crippen LogP contribution is 2.15. The SMILES string of the molecule is CCNCCC(=O)Nc1ccc(C(=O)O)c(C)c1. The number of amides is 1.